The van der Waals surface area contributed by atoms with Crippen LogP contribution in [0, 0.1) is 0 Å². The molecule has 2 rings (SSSR count). The first-order chi connectivity index (χ1) is 8.18. The number of halogens is 1. The summed E-state index contributed by atoms with van der Waals surface area (Å²) in [6.07, 6.45) is 2.50. The van der Waals surface area contributed by atoms with Crippen molar-refractivity contribution in [1.82, 2.24) is 0 Å². The number of rotatable bonds is 3. The van der Waals surface area contributed by atoms with Crippen LogP contribution in [0.15, 0.2) is 22.7 Å². The van der Waals surface area contributed by atoms with Crippen molar-refractivity contribution >= 4 is 50.6 Å². The minimum atomic E-state index is 0.434. The molecule has 2 nitrogen and oxygen atoms in total. The lowest BCUT2D eigenvalue weighted by atomic mass is 10.1. The second-order valence-electron chi connectivity index (χ2n) is 4.09. The second kappa shape index (κ2) is 6.07. The zero-order valence-corrected chi connectivity index (χ0v) is 12.6. The molecular weight excluding hydrogens is 316 g/mol. The number of thiocarbonyl (C=S) groups is 1. The summed E-state index contributed by atoms with van der Waals surface area (Å²) in [6.45, 7) is 0. The first kappa shape index (κ1) is 13.2. The molecule has 0 bridgehead atoms. The molecule has 17 heavy (non-hydrogen) atoms. The molecule has 1 aromatic carbocycles. The summed E-state index contributed by atoms with van der Waals surface area (Å²) in [5.74, 6) is 2.43. The SMILES string of the molecule is NC(=S)c1c(Br)cccc1NC1CCCSC1. The van der Waals surface area contributed by atoms with Gasteiger partial charge in [0.2, 0.25) is 0 Å². The number of benzene rings is 1. The van der Waals surface area contributed by atoms with E-state index in [1.165, 1.54) is 18.6 Å². The Morgan fingerprint density at radius 2 is 2.35 bits per heavy atom. The molecule has 0 aromatic heterocycles. The average Bonchev–Trinajstić information content (AvgIpc) is 2.30. The van der Waals surface area contributed by atoms with Gasteiger partial charge in [0.25, 0.3) is 0 Å². The number of nitrogens with one attached hydrogen (secondary N) is 1. The van der Waals surface area contributed by atoms with E-state index in [0.29, 0.717) is 11.0 Å². The Morgan fingerprint density at radius 1 is 1.53 bits per heavy atom. The topological polar surface area (TPSA) is 38.0 Å². The van der Waals surface area contributed by atoms with E-state index < -0.39 is 0 Å². The summed E-state index contributed by atoms with van der Waals surface area (Å²) in [4.78, 5) is 0.434. The maximum atomic E-state index is 5.78. The van der Waals surface area contributed by atoms with Crippen molar-refractivity contribution in [2.75, 3.05) is 16.8 Å². The van der Waals surface area contributed by atoms with Crippen molar-refractivity contribution in [3.63, 3.8) is 0 Å². The number of hydrogen-bond acceptors (Lipinski definition) is 3. The number of anilines is 1. The molecule has 1 heterocycles. The van der Waals surface area contributed by atoms with Gasteiger partial charge in [-0.1, -0.05) is 18.3 Å². The second-order valence-corrected chi connectivity index (χ2v) is 6.53. The maximum absolute atomic E-state index is 5.78. The molecular formula is C12H15BrN2S2. The fraction of sp³-hybridized carbons (Fsp3) is 0.417. The quantitative estimate of drug-likeness (QED) is 0.833. The molecule has 1 aliphatic heterocycles. The van der Waals surface area contributed by atoms with Crippen molar-refractivity contribution in [3.05, 3.63) is 28.2 Å². The van der Waals surface area contributed by atoms with Gasteiger partial charge in [0.15, 0.2) is 0 Å². The summed E-state index contributed by atoms with van der Waals surface area (Å²) in [7, 11) is 0. The van der Waals surface area contributed by atoms with Gasteiger partial charge in [-0.2, -0.15) is 11.8 Å². The monoisotopic (exact) mass is 330 g/mol. The fourth-order valence-electron chi connectivity index (χ4n) is 1.97. The Kier molecular flexibility index (Phi) is 4.70. The maximum Gasteiger partial charge on any atom is 0.107 e. The van der Waals surface area contributed by atoms with E-state index in [9.17, 15) is 0 Å². The van der Waals surface area contributed by atoms with Gasteiger partial charge in [-0.05, 0) is 46.7 Å². The Balaban J connectivity index is 2.19. The fourth-order valence-corrected chi connectivity index (χ4v) is 3.97. The summed E-state index contributed by atoms with van der Waals surface area (Å²) in [5, 5.41) is 3.55. The van der Waals surface area contributed by atoms with Crippen molar-refractivity contribution < 1.29 is 0 Å². The van der Waals surface area contributed by atoms with Gasteiger partial charge >= 0.3 is 0 Å². The van der Waals surface area contributed by atoms with Crippen molar-refractivity contribution in [2.45, 2.75) is 18.9 Å². The first-order valence-corrected chi connectivity index (χ1v) is 7.96. The zero-order valence-electron chi connectivity index (χ0n) is 9.41. The van der Waals surface area contributed by atoms with Gasteiger partial charge in [-0.25, -0.2) is 0 Å². The van der Waals surface area contributed by atoms with Crippen LogP contribution in [-0.2, 0) is 0 Å². The highest BCUT2D eigenvalue weighted by molar-refractivity contribution is 9.10. The van der Waals surface area contributed by atoms with Gasteiger partial charge in [0.05, 0.1) is 0 Å². The lowest BCUT2D eigenvalue weighted by molar-refractivity contribution is 0.685. The van der Waals surface area contributed by atoms with E-state index in [1.54, 1.807) is 0 Å². The third-order valence-corrected chi connectivity index (χ3v) is 4.86. The lowest BCUT2D eigenvalue weighted by Gasteiger charge is -2.25. The molecule has 0 radical (unpaired) electrons. The lowest BCUT2D eigenvalue weighted by Crippen LogP contribution is -2.27. The molecule has 5 heteroatoms. The van der Waals surface area contributed by atoms with Crippen LogP contribution in [0.3, 0.4) is 0 Å². The standard InChI is InChI=1S/C12H15BrN2S2/c13-9-4-1-5-10(11(9)12(14)16)15-8-3-2-6-17-7-8/h1,4-5,8,15H,2-3,6-7H2,(H2,14,16). The van der Waals surface area contributed by atoms with Gasteiger partial charge in [-0.15, -0.1) is 0 Å². The molecule has 0 spiro atoms. The Hall–Kier alpha value is -0.260. The van der Waals surface area contributed by atoms with Crippen LogP contribution in [0.5, 0.6) is 0 Å². The predicted molar refractivity (Wildman–Crippen MR) is 84.0 cm³/mol. The van der Waals surface area contributed by atoms with E-state index in [0.717, 1.165) is 21.5 Å². The summed E-state index contributed by atoms with van der Waals surface area (Å²) >= 11 is 10.6. The normalized spacial score (nSPS) is 19.9. The van der Waals surface area contributed by atoms with E-state index in [2.05, 4.69) is 21.2 Å². The van der Waals surface area contributed by atoms with Gasteiger partial charge in [-0.3, -0.25) is 0 Å². The molecule has 1 saturated heterocycles. The van der Waals surface area contributed by atoms with E-state index in [4.69, 9.17) is 18.0 Å². The number of thioether (sulfide) groups is 1. The van der Waals surface area contributed by atoms with Crippen molar-refractivity contribution in [2.24, 2.45) is 5.73 Å². The number of hydrogen-bond donors (Lipinski definition) is 2. The highest BCUT2D eigenvalue weighted by Gasteiger charge is 2.16. The molecule has 1 fully saturated rings. The molecule has 92 valence electrons. The predicted octanol–water partition coefficient (Wildman–Crippen LogP) is 3.39. The third-order valence-electron chi connectivity index (χ3n) is 2.78. The Bertz CT molecular complexity index is 417. The van der Waals surface area contributed by atoms with Crippen LogP contribution < -0.4 is 11.1 Å². The molecule has 1 atom stereocenters. The highest BCUT2D eigenvalue weighted by Crippen LogP contribution is 2.27. The van der Waals surface area contributed by atoms with E-state index >= 15 is 0 Å². The van der Waals surface area contributed by atoms with Crippen LogP contribution in [0.25, 0.3) is 0 Å². The summed E-state index contributed by atoms with van der Waals surface area (Å²) < 4.78 is 0.957. The molecule has 1 unspecified atom stereocenters. The van der Waals surface area contributed by atoms with E-state index in [-0.39, 0.29) is 0 Å². The van der Waals surface area contributed by atoms with Crippen LogP contribution in [0.1, 0.15) is 18.4 Å². The third kappa shape index (κ3) is 3.36. The van der Waals surface area contributed by atoms with Crippen LogP contribution in [0.4, 0.5) is 5.69 Å². The average molecular weight is 331 g/mol. The summed E-state index contributed by atoms with van der Waals surface area (Å²) in [5.41, 5.74) is 7.73. The molecule has 1 aromatic rings. The van der Waals surface area contributed by atoms with Gasteiger partial charge in [0.1, 0.15) is 4.99 Å². The smallest absolute Gasteiger partial charge is 0.107 e. The first-order valence-electron chi connectivity index (χ1n) is 5.61. The van der Waals surface area contributed by atoms with Crippen LogP contribution >= 0.6 is 39.9 Å². The van der Waals surface area contributed by atoms with E-state index in [1.807, 2.05) is 30.0 Å². The highest BCUT2D eigenvalue weighted by atomic mass is 79.9. The Labute approximate surface area is 120 Å². The molecule has 0 saturated carbocycles. The van der Waals surface area contributed by atoms with Gasteiger partial charge in [0, 0.05) is 27.5 Å². The summed E-state index contributed by atoms with van der Waals surface area (Å²) in [6, 6.07) is 6.54. The molecule has 0 aliphatic carbocycles. The van der Waals surface area contributed by atoms with Gasteiger partial charge < -0.3 is 11.1 Å². The van der Waals surface area contributed by atoms with Crippen LogP contribution in [0.2, 0.25) is 0 Å². The Morgan fingerprint density at radius 3 is 3.00 bits per heavy atom. The minimum Gasteiger partial charge on any atom is -0.389 e. The molecule has 0 amide bonds. The number of nitrogens with two attached hydrogens (primary N) is 1. The van der Waals surface area contributed by atoms with Crippen molar-refractivity contribution in [1.29, 1.82) is 0 Å². The zero-order chi connectivity index (χ0) is 12.3. The van der Waals surface area contributed by atoms with Crippen LogP contribution in [-0.4, -0.2) is 22.5 Å². The largest absolute Gasteiger partial charge is 0.389 e. The van der Waals surface area contributed by atoms with Crippen molar-refractivity contribution in [3.8, 4) is 0 Å². The molecule has 1 aliphatic rings. The molecule has 3 N–H and O–H groups in total. The minimum absolute atomic E-state index is 0.434.